The number of nitrogens with two attached hydrogens (primary N) is 1. The van der Waals surface area contributed by atoms with Crippen molar-refractivity contribution in [3.8, 4) is 0 Å². The van der Waals surface area contributed by atoms with Gasteiger partial charge in [0.1, 0.15) is 12.7 Å². The molecule has 0 aromatic heterocycles. The lowest BCUT2D eigenvalue weighted by atomic mass is 10.3. The molecule has 5 nitrogen and oxygen atoms in total. The van der Waals surface area contributed by atoms with Crippen molar-refractivity contribution in [2.75, 3.05) is 26.2 Å². The lowest BCUT2D eigenvalue weighted by Crippen LogP contribution is -2.34. The maximum absolute atomic E-state index is 10.9. The summed E-state index contributed by atoms with van der Waals surface area (Å²) in [5.41, 5.74) is 5.56. The molecule has 0 aromatic carbocycles. The minimum Gasteiger partial charge on any atom is -0.460 e. The van der Waals surface area contributed by atoms with Gasteiger partial charge in [0, 0.05) is 25.2 Å². The van der Waals surface area contributed by atoms with Gasteiger partial charge in [-0.1, -0.05) is 6.58 Å². The first-order valence-electron chi connectivity index (χ1n) is 4.49. The van der Waals surface area contributed by atoms with Crippen molar-refractivity contribution in [1.82, 2.24) is 5.32 Å². The van der Waals surface area contributed by atoms with Crippen LogP contribution < -0.4 is 11.1 Å². The molecule has 5 heteroatoms. The fraction of sp³-hybridized carbons (Fsp3) is 0.667. The number of aliphatic hydroxyl groups is 1. The molecule has 14 heavy (non-hydrogen) atoms. The summed E-state index contributed by atoms with van der Waals surface area (Å²) in [6, 6.07) is 0. The van der Waals surface area contributed by atoms with E-state index in [-0.39, 0.29) is 6.61 Å². The molecular weight excluding hydrogens is 184 g/mol. The number of rotatable bonds is 7. The van der Waals surface area contributed by atoms with Crippen LogP contribution in [0.4, 0.5) is 0 Å². The van der Waals surface area contributed by atoms with Gasteiger partial charge in [-0.15, -0.1) is 0 Å². The van der Waals surface area contributed by atoms with Crippen LogP contribution in [-0.2, 0) is 9.53 Å². The average molecular weight is 202 g/mol. The van der Waals surface area contributed by atoms with Crippen LogP contribution in [0, 0.1) is 0 Å². The molecule has 0 aliphatic carbocycles. The van der Waals surface area contributed by atoms with Crippen LogP contribution in [0.5, 0.6) is 0 Å². The second-order valence-corrected chi connectivity index (χ2v) is 3.03. The van der Waals surface area contributed by atoms with Crippen LogP contribution in [0.1, 0.15) is 6.92 Å². The van der Waals surface area contributed by atoms with Gasteiger partial charge in [-0.2, -0.15) is 0 Å². The molecular formula is C9H18N2O3. The van der Waals surface area contributed by atoms with E-state index < -0.39 is 12.1 Å². The molecule has 1 unspecified atom stereocenters. The fourth-order valence-electron chi connectivity index (χ4n) is 0.725. The maximum Gasteiger partial charge on any atom is 0.333 e. The zero-order valence-electron chi connectivity index (χ0n) is 8.45. The Balaban J connectivity index is 3.48. The van der Waals surface area contributed by atoms with Crippen LogP contribution in [0.25, 0.3) is 0 Å². The predicted octanol–water partition coefficient (Wildman–Crippen LogP) is -0.985. The summed E-state index contributed by atoms with van der Waals surface area (Å²) in [4.78, 5) is 10.9. The lowest BCUT2D eigenvalue weighted by Gasteiger charge is -2.11. The highest BCUT2D eigenvalue weighted by atomic mass is 16.5. The van der Waals surface area contributed by atoms with Crippen molar-refractivity contribution in [1.29, 1.82) is 0 Å². The van der Waals surface area contributed by atoms with Gasteiger partial charge in [-0.05, 0) is 6.92 Å². The van der Waals surface area contributed by atoms with E-state index in [2.05, 4.69) is 11.9 Å². The number of esters is 1. The molecule has 0 radical (unpaired) electrons. The highest BCUT2D eigenvalue weighted by molar-refractivity contribution is 5.86. The lowest BCUT2D eigenvalue weighted by molar-refractivity contribution is -0.141. The zero-order chi connectivity index (χ0) is 11.0. The van der Waals surface area contributed by atoms with Crippen LogP contribution in [0.15, 0.2) is 12.2 Å². The van der Waals surface area contributed by atoms with Gasteiger partial charge < -0.3 is 20.9 Å². The average Bonchev–Trinajstić information content (AvgIpc) is 2.14. The minimum atomic E-state index is -0.704. The molecule has 82 valence electrons. The van der Waals surface area contributed by atoms with Gasteiger partial charge in [0.25, 0.3) is 0 Å². The van der Waals surface area contributed by atoms with Gasteiger partial charge in [0.2, 0.25) is 0 Å². The largest absolute Gasteiger partial charge is 0.460 e. The second kappa shape index (κ2) is 7.49. The number of carbonyl (C=O) groups excluding carboxylic acids is 1. The molecule has 4 N–H and O–H groups in total. The Labute approximate surface area is 83.9 Å². The van der Waals surface area contributed by atoms with Crippen LogP contribution >= 0.6 is 0 Å². The van der Waals surface area contributed by atoms with Crippen molar-refractivity contribution >= 4 is 5.97 Å². The smallest absolute Gasteiger partial charge is 0.333 e. The molecule has 1 atom stereocenters. The number of aliphatic hydroxyl groups excluding tert-OH is 1. The van der Waals surface area contributed by atoms with Gasteiger partial charge in [-0.3, -0.25) is 0 Å². The van der Waals surface area contributed by atoms with E-state index in [0.717, 1.165) is 0 Å². The fourth-order valence-corrected chi connectivity index (χ4v) is 0.725. The number of hydrogen-bond acceptors (Lipinski definition) is 5. The van der Waals surface area contributed by atoms with Gasteiger partial charge >= 0.3 is 5.97 Å². The molecule has 0 saturated carbocycles. The molecule has 0 spiro atoms. The summed E-state index contributed by atoms with van der Waals surface area (Å²) in [6.07, 6.45) is -0.704. The topological polar surface area (TPSA) is 84.6 Å². The molecule has 0 aliphatic heterocycles. The summed E-state index contributed by atoms with van der Waals surface area (Å²) < 4.78 is 4.74. The number of nitrogens with one attached hydrogen (secondary N) is 1. The number of hydrogen-bond donors (Lipinski definition) is 3. The molecule has 0 aliphatic rings. The molecule has 0 saturated heterocycles. The minimum absolute atomic E-state index is 0.0245. The second-order valence-electron chi connectivity index (χ2n) is 3.03. The number of ether oxygens (including phenoxy) is 1. The first kappa shape index (κ1) is 13.1. The highest BCUT2D eigenvalue weighted by Crippen LogP contribution is 1.93. The van der Waals surface area contributed by atoms with Crippen molar-refractivity contribution in [2.45, 2.75) is 13.0 Å². The zero-order valence-corrected chi connectivity index (χ0v) is 8.45. The molecule has 0 heterocycles. The van der Waals surface area contributed by atoms with Gasteiger partial charge in [-0.25, -0.2) is 4.79 Å². The van der Waals surface area contributed by atoms with E-state index in [4.69, 9.17) is 10.5 Å². The van der Waals surface area contributed by atoms with E-state index in [0.29, 0.717) is 25.2 Å². The van der Waals surface area contributed by atoms with Crippen LogP contribution in [0.3, 0.4) is 0 Å². The summed E-state index contributed by atoms with van der Waals surface area (Å²) in [6.45, 7) is 6.46. The predicted molar refractivity (Wildman–Crippen MR) is 53.7 cm³/mol. The first-order chi connectivity index (χ1) is 6.57. The standard InChI is InChI=1S/C9H18N2O3/c1-7(2)9(13)14-6-8(12)5-11-4-3-10/h8,11-12H,1,3-6,10H2,2H3. The molecule has 0 rings (SSSR count). The number of carbonyl (C=O) groups is 1. The Morgan fingerprint density at radius 1 is 1.71 bits per heavy atom. The van der Waals surface area contributed by atoms with Crippen LogP contribution in [0.2, 0.25) is 0 Å². The quantitative estimate of drug-likeness (QED) is 0.280. The summed E-state index contributed by atoms with van der Waals surface area (Å²) in [5.74, 6) is -0.483. The maximum atomic E-state index is 10.9. The van der Waals surface area contributed by atoms with E-state index in [9.17, 15) is 9.90 Å². The van der Waals surface area contributed by atoms with E-state index >= 15 is 0 Å². The Bertz CT molecular complexity index is 194. The Morgan fingerprint density at radius 3 is 2.86 bits per heavy atom. The molecule has 0 bridgehead atoms. The summed E-state index contributed by atoms with van der Waals surface area (Å²) in [7, 11) is 0. The van der Waals surface area contributed by atoms with Gasteiger partial charge in [0.05, 0.1) is 0 Å². The molecule has 0 amide bonds. The van der Waals surface area contributed by atoms with Crippen molar-refractivity contribution in [2.24, 2.45) is 5.73 Å². The highest BCUT2D eigenvalue weighted by Gasteiger charge is 2.08. The Hall–Kier alpha value is -0.910. The van der Waals surface area contributed by atoms with E-state index in [1.54, 1.807) is 6.92 Å². The Kier molecular flexibility index (Phi) is 7.00. The van der Waals surface area contributed by atoms with Crippen molar-refractivity contribution in [3.05, 3.63) is 12.2 Å². The van der Waals surface area contributed by atoms with Gasteiger partial charge in [0.15, 0.2) is 0 Å². The molecule has 0 aromatic rings. The Morgan fingerprint density at radius 2 is 2.36 bits per heavy atom. The van der Waals surface area contributed by atoms with E-state index in [1.807, 2.05) is 0 Å². The third-order valence-electron chi connectivity index (χ3n) is 1.46. The monoisotopic (exact) mass is 202 g/mol. The van der Waals surface area contributed by atoms with Crippen molar-refractivity contribution in [3.63, 3.8) is 0 Å². The van der Waals surface area contributed by atoms with E-state index in [1.165, 1.54) is 0 Å². The normalized spacial score (nSPS) is 12.2. The molecule has 0 fully saturated rings. The summed E-state index contributed by atoms with van der Waals surface area (Å²) >= 11 is 0. The third kappa shape index (κ3) is 6.59. The first-order valence-corrected chi connectivity index (χ1v) is 4.49. The summed E-state index contributed by atoms with van der Waals surface area (Å²) in [5, 5.41) is 12.2. The third-order valence-corrected chi connectivity index (χ3v) is 1.46. The SMILES string of the molecule is C=C(C)C(=O)OCC(O)CNCCN. The van der Waals surface area contributed by atoms with Crippen LogP contribution in [-0.4, -0.2) is 43.4 Å². The van der Waals surface area contributed by atoms with Crippen molar-refractivity contribution < 1.29 is 14.6 Å².